The molecule has 5 nitrogen and oxygen atoms in total. The van der Waals surface area contributed by atoms with Gasteiger partial charge in [0.1, 0.15) is 11.9 Å². The van der Waals surface area contributed by atoms with Gasteiger partial charge in [-0.15, -0.1) is 10.2 Å². The summed E-state index contributed by atoms with van der Waals surface area (Å²) in [5.41, 5.74) is 1.19. The molecule has 0 saturated heterocycles. The van der Waals surface area contributed by atoms with Gasteiger partial charge in [0.05, 0.1) is 5.75 Å². The fraction of sp³-hybridized carbons (Fsp3) is 0.591. The maximum Gasteiger partial charge on any atom is 0.316 e. The van der Waals surface area contributed by atoms with Crippen molar-refractivity contribution in [2.75, 3.05) is 5.75 Å². The third-order valence-corrected chi connectivity index (χ3v) is 6.69. The van der Waals surface area contributed by atoms with Gasteiger partial charge in [-0.3, -0.25) is 4.79 Å². The van der Waals surface area contributed by atoms with Crippen LogP contribution in [-0.4, -0.2) is 32.6 Å². The highest BCUT2D eigenvalue weighted by Gasteiger charge is 2.33. The molecule has 1 aliphatic carbocycles. The van der Waals surface area contributed by atoms with Crippen LogP contribution < -0.4 is 0 Å². The lowest BCUT2D eigenvalue weighted by Crippen LogP contribution is -2.36. The summed E-state index contributed by atoms with van der Waals surface area (Å²) < 4.78 is 7.85. The van der Waals surface area contributed by atoms with Crippen molar-refractivity contribution in [3.63, 3.8) is 0 Å². The van der Waals surface area contributed by atoms with E-state index >= 15 is 0 Å². The summed E-state index contributed by atoms with van der Waals surface area (Å²) in [6.45, 7) is 6.70. The average Bonchev–Trinajstić information content (AvgIpc) is 3.00. The summed E-state index contributed by atoms with van der Waals surface area (Å²) in [5, 5.41) is 9.29. The Kier molecular flexibility index (Phi) is 7.16. The van der Waals surface area contributed by atoms with Gasteiger partial charge >= 0.3 is 5.97 Å². The Balaban J connectivity index is 1.54. The van der Waals surface area contributed by atoms with Gasteiger partial charge in [-0.1, -0.05) is 69.3 Å². The molecule has 1 aromatic heterocycles. The molecule has 28 heavy (non-hydrogen) atoms. The first kappa shape index (κ1) is 20.9. The molecule has 1 aliphatic rings. The van der Waals surface area contributed by atoms with Gasteiger partial charge in [-0.05, 0) is 36.2 Å². The lowest BCUT2D eigenvalue weighted by Gasteiger charge is -2.36. The highest BCUT2D eigenvalue weighted by Crippen LogP contribution is 2.35. The number of esters is 1. The highest BCUT2D eigenvalue weighted by atomic mass is 32.2. The SMILES string of the molecule is CC1CCC(C(C)C)C(OC(=O)CSc2nnc(Cc3ccccc3)n2C)C1. The van der Waals surface area contributed by atoms with Gasteiger partial charge in [0, 0.05) is 13.5 Å². The first-order valence-electron chi connectivity index (χ1n) is 10.2. The van der Waals surface area contributed by atoms with E-state index < -0.39 is 0 Å². The smallest absolute Gasteiger partial charge is 0.316 e. The fourth-order valence-electron chi connectivity index (χ4n) is 3.98. The molecule has 3 rings (SSSR count). The summed E-state index contributed by atoms with van der Waals surface area (Å²) in [6.07, 6.45) is 4.13. The summed E-state index contributed by atoms with van der Waals surface area (Å²) in [6, 6.07) is 10.2. The van der Waals surface area contributed by atoms with E-state index in [9.17, 15) is 4.79 Å². The zero-order chi connectivity index (χ0) is 20.1. The molecule has 3 atom stereocenters. The Labute approximate surface area is 172 Å². The number of hydrogen-bond acceptors (Lipinski definition) is 5. The van der Waals surface area contributed by atoms with E-state index in [4.69, 9.17) is 4.74 Å². The third-order valence-electron chi connectivity index (χ3n) is 5.69. The number of nitrogens with zero attached hydrogens (tertiary/aromatic N) is 3. The quantitative estimate of drug-likeness (QED) is 0.505. The monoisotopic (exact) mass is 401 g/mol. The van der Waals surface area contributed by atoms with Crippen LogP contribution in [0, 0.1) is 17.8 Å². The van der Waals surface area contributed by atoms with E-state index in [0.717, 1.165) is 30.2 Å². The van der Waals surface area contributed by atoms with Gasteiger partial charge < -0.3 is 9.30 Å². The number of benzene rings is 1. The van der Waals surface area contributed by atoms with Gasteiger partial charge in [-0.2, -0.15) is 0 Å². The van der Waals surface area contributed by atoms with E-state index in [2.05, 4.69) is 43.1 Å². The maximum absolute atomic E-state index is 12.5. The highest BCUT2D eigenvalue weighted by molar-refractivity contribution is 7.99. The minimum Gasteiger partial charge on any atom is -0.461 e. The van der Waals surface area contributed by atoms with Crippen LogP contribution in [0.3, 0.4) is 0 Å². The Morgan fingerprint density at radius 3 is 2.71 bits per heavy atom. The number of hydrogen-bond donors (Lipinski definition) is 0. The number of rotatable bonds is 7. The number of thioether (sulfide) groups is 1. The number of carbonyl (C=O) groups excluding carboxylic acids is 1. The molecule has 3 unspecified atom stereocenters. The van der Waals surface area contributed by atoms with Crippen molar-refractivity contribution >= 4 is 17.7 Å². The number of carbonyl (C=O) groups is 1. The molecule has 0 spiro atoms. The van der Waals surface area contributed by atoms with E-state index in [-0.39, 0.29) is 17.8 Å². The van der Waals surface area contributed by atoms with Crippen LogP contribution in [0.15, 0.2) is 35.5 Å². The average molecular weight is 402 g/mol. The van der Waals surface area contributed by atoms with Gasteiger partial charge in [-0.25, -0.2) is 0 Å². The molecule has 1 heterocycles. The van der Waals surface area contributed by atoms with Crippen molar-refractivity contribution < 1.29 is 9.53 Å². The first-order chi connectivity index (χ1) is 13.4. The Hall–Kier alpha value is -1.82. The normalized spacial score (nSPS) is 22.4. The van der Waals surface area contributed by atoms with Crippen LogP contribution in [0.1, 0.15) is 51.4 Å². The predicted molar refractivity (Wildman–Crippen MR) is 112 cm³/mol. The molecule has 152 valence electrons. The summed E-state index contributed by atoms with van der Waals surface area (Å²) in [4.78, 5) is 12.5. The molecule has 0 aliphatic heterocycles. The summed E-state index contributed by atoms with van der Waals surface area (Å²) in [5.74, 6) is 2.65. The van der Waals surface area contributed by atoms with Gasteiger partial charge in [0.25, 0.3) is 0 Å². The van der Waals surface area contributed by atoms with E-state index in [1.54, 1.807) is 0 Å². The van der Waals surface area contributed by atoms with Crippen LogP contribution >= 0.6 is 11.8 Å². The molecule has 1 aromatic carbocycles. The molecule has 1 fully saturated rings. The summed E-state index contributed by atoms with van der Waals surface area (Å²) >= 11 is 1.40. The van der Waals surface area contributed by atoms with Crippen LogP contribution in [0.4, 0.5) is 0 Å². The third kappa shape index (κ3) is 5.37. The van der Waals surface area contributed by atoms with Crippen LogP contribution in [0.25, 0.3) is 0 Å². The summed E-state index contributed by atoms with van der Waals surface area (Å²) in [7, 11) is 1.95. The fourth-order valence-corrected chi connectivity index (χ4v) is 4.69. The van der Waals surface area contributed by atoms with Crippen molar-refractivity contribution in [1.82, 2.24) is 14.8 Å². The second-order valence-corrected chi connectivity index (χ2v) is 9.21. The van der Waals surface area contributed by atoms with Crippen molar-refractivity contribution in [1.29, 1.82) is 0 Å². The second-order valence-electron chi connectivity index (χ2n) is 8.26. The Morgan fingerprint density at radius 2 is 2.00 bits per heavy atom. The Morgan fingerprint density at radius 1 is 1.25 bits per heavy atom. The molecule has 0 N–H and O–H groups in total. The van der Waals surface area contributed by atoms with E-state index in [0.29, 0.717) is 17.8 Å². The van der Waals surface area contributed by atoms with Gasteiger partial charge in [0.2, 0.25) is 0 Å². The maximum atomic E-state index is 12.5. The molecule has 0 radical (unpaired) electrons. The number of ether oxygens (including phenoxy) is 1. The number of aromatic nitrogens is 3. The van der Waals surface area contributed by atoms with Crippen molar-refractivity contribution in [2.45, 2.75) is 57.7 Å². The predicted octanol–water partition coefficient (Wildman–Crippen LogP) is 4.50. The molecule has 0 amide bonds. The minimum atomic E-state index is -0.151. The van der Waals surface area contributed by atoms with Crippen molar-refractivity contribution in [3.8, 4) is 0 Å². The van der Waals surface area contributed by atoms with Crippen LogP contribution in [0.2, 0.25) is 0 Å². The molecule has 2 aromatic rings. The molecule has 0 bridgehead atoms. The van der Waals surface area contributed by atoms with Gasteiger partial charge in [0.15, 0.2) is 5.16 Å². The second kappa shape index (κ2) is 9.59. The van der Waals surface area contributed by atoms with Crippen LogP contribution in [-0.2, 0) is 23.0 Å². The topological polar surface area (TPSA) is 57.0 Å². The Bertz CT molecular complexity index is 775. The molecule has 1 saturated carbocycles. The van der Waals surface area contributed by atoms with Crippen LogP contribution in [0.5, 0.6) is 0 Å². The lowest BCUT2D eigenvalue weighted by molar-refractivity contribution is -0.152. The molecular weight excluding hydrogens is 370 g/mol. The zero-order valence-corrected chi connectivity index (χ0v) is 18.1. The minimum absolute atomic E-state index is 0.0463. The zero-order valence-electron chi connectivity index (χ0n) is 17.3. The molecular formula is C22H31N3O2S. The first-order valence-corrected chi connectivity index (χ1v) is 11.2. The largest absolute Gasteiger partial charge is 0.461 e. The van der Waals surface area contributed by atoms with Crippen molar-refractivity contribution in [3.05, 3.63) is 41.7 Å². The lowest BCUT2D eigenvalue weighted by atomic mass is 9.75. The standard InChI is InChI=1S/C22H31N3O2S/c1-15(2)18-11-10-16(3)12-19(18)27-21(26)14-28-22-24-23-20(25(22)4)13-17-8-6-5-7-9-17/h5-9,15-16,18-19H,10-14H2,1-4H3. The van der Waals surface area contributed by atoms with E-state index in [1.807, 2.05) is 29.8 Å². The molecule has 6 heteroatoms. The van der Waals surface area contributed by atoms with E-state index in [1.165, 1.54) is 23.7 Å². The van der Waals surface area contributed by atoms with Crippen molar-refractivity contribution in [2.24, 2.45) is 24.8 Å².